The summed E-state index contributed by atoms with van der Waals surface area (Å²) in [5.41, 5.74) is 0. The summed E-state index contributed by atoms with van der Waals surface area (Å²) >= 11 is 0. The van der Waals surface area contributed by atoms with Crippen LogP contribution in [-0.4, -0.2) is 58.8 Å². The van der Waals surface area contributed by atoms with Gasteiger partial charge in [0.1, 0.15) is 0 Å². The summed E-state index contributed by atoms with van der Waals surface area (Å²) in [5, 5.41) is 8.86. The molecule has 2 rings (SSSR count). The molecule has 0 spiro atoms. The second kappa shape index (κ2) is 6.66. The Bertz CT molecular complexity index is 338. The summed E-state index contributed by atoms with van der Waals surface area (Å²) in [4.78, 5) is 13.3. The van der Waals surface area contributed by atoms with Gasteiger partial charge in [-0.25, -0.2) is 9.97 Å². The Morgan fingerprint density at radius 3 is 2.50 bits per heavy atom. The van der Waals surface area contributed by atoms with Crippen LogP contribution in [0.25, 0.3) is 0 Å². The Kier molecular flexibility index (Phi) is 4.90. The van der Waals surface area contributed by atoms with Crippen molar-refractivity contribution in [1.82, 2.24) is 14.9 Å². The highest BCUT2D eigenvalue weighted by molar-refractivity contribution is 5.29. The van der Waals surface area contributed by atoms with Crippen molar-refractivity contribution in [3.05, 3.63) is 18.5 Å². The fourth-order valence-corrected chi connectivity index (χ4v) is 2.39. The zero-order chi connectivity index (χ0) is 12.8. The third kappa shape index (κ3) is 3.40. The topological polar surface area (TPSA) is 52.5 Å². The number of aliphatic hydroxyl groups excluding tert-OH is 1. The van der Waals surface area contributed by atoms with Crippen molar-refractivity contribution in [1.29, 1.82) is 0 Å². The lowest BCUT2D eigenvalue weighted by Crippen LogP contribution is -2.50. The molecule has 1 N–H and O–H groups in total. The number of aliphatic hydroxyl groups is 1. The second-order valence-corrected chi connectivity index (χ2v) is 4.79. The van der Waals surface area contributed by atoms with Gasteiger partial charge < -0.3 is 10.0 Å². The molecule has 1 atom stereocenters. The van der Waals surface area contributed by atoms with Crippen LogP contribution in [-0.2, 0) is 0 Å². The predicted octanol–water partition coefficient (Wildman–Crippen LogP) is 0.760. The van der Waals surface area contributed by atoms with Crippen LogP contribution in [0.15, 0.2) is 18.5 Å². The molecule has 100 valence electrons. The van der Waals surface area contributed by atoms with Gasteiger partial charge in [-0.05, 0) is 25.8 Å². The number of anilines is 1. The maximum atomic E-state index is 8.86. The quantitative estimate of drug-likeness (QED) is 0.836. The Labute approximate surface area is 108 Å². The van der Waals surface area contributed by atoms with E-state index in [2.05, 4.69) is 26.7 Å². The zero-order valence-electron chi connectivity index (χ0n) is 11.0. The standard InChI is InChI=1S/C13H22N4O/c1-12(4-2-11-18)16-7-9-17(10-8-16)13-14-5-3-6-15-13/h3,5-6,12,18H,2,4,7-11H2,1H3/t12-/m1/s1. The first-order valence-electron chi connectivity index (χ1n) is 6.68. The highest BCUT2D eigenvalue weighted by Crippen LogP contribution is 2.13. The van der Waals surface area contributed by atoms with Gasteiger partial charge in [-0.2, -0.15) is 0 Å². The van der Waals surface area contributed by atoms with Crippen LogP contribution < -0.4 is 4.90 Å². The molecule has 0 unspecified atom stereocenters. The van der Waals surface area contributed by atoms with Crippen molar-refractivity contribution in [3.8, 4) is 0 Å². The van der Waals surface area contributed by atoms with Gasteiger partial charge in [0.05, 0.1) is 0 Å². The van der Waals surface area contributed by atoms with E-state index in [1.165, 1.54) is 0 Å². The van der Waals surface area contributed by atoms with Crippen LogP contribution in [0.3, 0.4) is 0 Å². The molecule has 0 aliphatic carbocycles. The number of nitrogens with zero attached hydrogens (tertiary/aromatic N) is 4. The minimum absolute atomic E-state index is 0.294. The Balaban J connectivity index is 1.81. The minimum Gasteiger partial charge on any atom is -0.396 e. The van der Waals surface area contributed by atoms with E-state index >= 15 is 0 Å². The molecule has 1 aliphatic rings. The summed E-state index contributed by atoms with van der Waals surface area (Å²) in [6, 6.07) is 2.40. The molecule has 0 radical (unpaired) electrons. The maximum absolute atomic E-state index is 8.86. The van der Waals surface area contributed by atoms with Crippen LogP contribution in [0.4, 0.5) is 5.95 Å². The van der Waals surface area contributed by atoms with Crippen molar-refractivity contribution >= 4 is 5.95 Å². The first-order chi connectivity index (χ1) is 8.81. The van der Waals surface area contributed by atoms with Crippen molar-refractivity contribution in [2.45, 2.75) is 25.8 Å². The van der Waals surface area contributed by atoms with E-state index in [0.717, 1.165) is 45.0 Å². The Morgan fingerprint density at radius 1 is 1.22 bits per heavy atom. The third-order valence-electron chi connectivity index (χ3n) is 3.55. The molecule has 0 amide bonds. The van der Waals surface area contributed by atoms with E-state index in [4.69, 9.17) is 5.11 Å². The second-order valence-electron chi connectivity index (χ2n) is 4.79. The Hall–Kier alpha value is -1.20. The van der Waals surface area contributed by atoms with E-state index in [0.29, 0.717) is 12.6 Å². The first-order valence-corrected chi connectivity index (χ1v) is 6.68. The van der Waals surface area contributed by atoms with E-state index in [1.807, 2.05) is 6.07 Å². The van der Waals surface area contributed by atoms with Gasteiger partial charge >= 0.3 is 0 Å². The van der Waals surface area contributed by atoms with E-state index in [-0.39, 0.29) is 0 Å². The monoisotopic (exact) mass is 250 g/mol. The molecule has 1 saturated heterocycles. The van der Waals surface area contributed by atoms with Gasteiger partial charge in [-0.3, -0.25) is 4.90 Å². The van der Waals surface area contributed by atoms with Crippen LogP contribution in [0.5, 0.6) is 0 Å². The molecule has 0 aromatic carbocycles. The molecule has 5 heteroatoms. The fraction of sp³-hybridized carbons (Fsp3) is 0.692. The molecular weight excluding hydrogens is 228 g/mol. The molecule has 1 aliphatic heterocycles. The summed E-state index contributed by atoms with van der Waals surface area (Å²) in [5.74, 6) is 0.833. The molecule has 1 aromatic rings. The maximum Gasteiger partial charge on any atom is 0.225 e. The average molecular weight is 250 g/mol. The van der Waals surface area contributed by atoms with Crippen LogP contribution in [0.2, 0.25) is 0 Å². The molecule has 1 aromatic heterocycles. The normalized spacial score (nSPS) is 18.9. The van der Waals surface area contributed by atoms with E-state index in [1.54, 1.807) is 12.4 Å². The summed E-state index contributed by atoms with van der Waals surface area (Å²) < 4.78 is 0. The smallest absolute Gasteiger partial charge is 0.225 e. The van der Waals surface area contributed by atoms with Crippen molar-refractivity contribution < 1.29 is 5.11 Å². The highest BCUT2D eigenvalue weighted by Gasteiger charge is 2.21. The average Bonchev–Trinajstić information content (AvgIpc) is 2.46. The van der Waals surface area contributed by atoms with E-state index in [9.17, 15) is 0 Å². The van der Waals surface area contributed by atoms with Crippen LogP contribution in [0.1, 0.15) is 19.8 Å². The Morgan fingerprint density at radius 2 is 1.89 bits per heavy atom. The molecule has 2 heterocycles. The van der Waals surface area contributed by atoms with Gasteiger partial charge in [-0.1, -0.05) is 0 Å². The molecule has 18 heavy (non-hydrogen) atoms. The molecule has 0 saturated carbocycles. The van der Waals surface area contributed by atoms with Crippen molar-refractivity contribution in [2.75, 3.05) is 37.7 Å². The first kappa shape index (κ1) is 13.2. The summed E-state index contributed by atoms with van der Waals surface area (Å²) in [6.45, 7) is 6.59. The molecule has 0 bridgehead atoms. The lowest BCUT2D eigenvalue weighted by Gasteiger charge is -2.38. The number of hydrogen-bond acceptors (Lipinski definition) is 5. The molecule has 1 fully saturated rings. The van der Waals surface area contributed by atoms with Gasteiger partial charge in [0.15, 0.2) is 0 Å². The van der Waals surface area contributed by atoms with Crippen LogP contribution >= 0.6 is 0 Å². The lowest BCUT2D eigenvalue weighted by molar-refractivity contribution is 0.174. The van der Waals surface area contributed by atoms with Gasteiger partial charge in [-0.15, -0.1) is 0 Å². The van der Waals surface area contributed by atoms with Gasteiger partial charge in [0, 0.05) is 51.2 Å². The van der Waals surface area contributed by atoms with Crippen molar-refractivity contribution in [3.63, 3.8) is 0 Å². The predicted molar refractivity (Wildman–Crippen MR) is 71.6 cm³/mol. The SMILES string of the molecule is C[C@H](CCCO)N1CCN(c2ncccn2)CC1. The molecule has 5 nitrogen and oxygen atoms in total. The molecular formula is C13H22N4O. The summed E-state index contributed by atoms with van der Waals surface area (Å²) in [6.07, 6.45) is 5.54. The van der Waals surface area contributed by atoms with Gasteiger partial charge in [0.2, 0.25) is 5.95 Å². The lowest BCUT2D eigenvalue weighted by atomic mass is 10.1. The number of piperazine rings is 1. The minimum atomic E-state index is 0.294. The number of hydrogen-bond donors (Lipinski definition) is 1. The fourth-order valence-electron chi connectivity index (χ4n) is 2.39. The van der Waals surface area contributed by atoms with Crippen molar-refractivity contribution in [2.24, 2.45) is 0 Å². The van der Waals surface area contributed by atoms with Crippen LogP contribution in [0, 0.1) is 0 Å². The highest BCUT2D eigenvalue weighted by atomic mass is 16.2. The zero-order valence-corrected chi connectivity index (χ0v) is 11.0. The largest absolute Gasteiger partial charge is 0.396 e. The third-order valence-corrected chi connectivity index (χ3v) is 3.55. The van der Waals surface area contributed by atoms with Gasteiger partial charge in [0.25, 0.3) is 0 Å². The van der Waals surface area contributed by atoms with E-state index < -0.39 is 0 Å². The number of rotatable bonds is 5. The number of aromatic nitrogens is 2. The summed E-state index contributed by atoms with van der Waals surface area (Å²) in [7, 11) is 0.